The third-order valence-corrected chi connectivity index (χ3v) is 6.56. The lowest BCUT2D eigenvalue weighted by Crippen LogP contribution is -2.48. The van der Waals surface area contributed by atoms with E-state index in [4.69, 9.17) is 4.74 Å². The average molecular weight is 426 g/mol. The molecule has 1 saturated heterocycles. The Bertz CT molecular complexity index is 744. The fourth-order valence-electron chi connectivity index (χ4n) is 3.61. The lowest BCUT2D eigenvalue weighted by atomic mass is 9.99. The number of carbonyl (C=O) groups is 1. The van der Waals surface area contributed by atoms with Gasteiger partial charge in [-0.25, -0.2) is 8.42 Å². The van der Waals surface area contributed by atoms with Gasteiger partial charge in [-0.3, -0.25) is 9.10 Å². The van der Waals surface area contributed by atoms with Crippen molar-refractivity contribution in [3.8, 4) is 5.75 Å². The van der Waals surface area contributed by atoms with Gasteiger partial charge in [0.05, 0.1) is 18.6 Å². The van der Waals surface area contributed by atoms with Crippen LogP contribution in [0.25, 0.3) is 0 Å². The van der Waals surface area contributed by atoms with Crippen molar-refractivity contribution >= 4 is 21.6 Å². The maximum absolute atomic E-state index is 12.6. The van der Waals surface area contributed by atoms with Crippen LogP contribution in [0.1, 0.15) is 40.0 Å². The van der Waals surface area contributed by atoms with Crippen LogP contribution in [-0.2, 0) is 14.8 Å². The summed E-state index contributed by atoms with van der Waals surface area (Å²) in [7, 11) is -3.62. The molecule has 1 aliphatic heterocycles. The van der Waals surface area contributed by atoms with Gasteiger partial charge in [-0.1, -0.05) is 6.92 Å². The molecule has 7 nitrogen and oxygen atoms in total. The molecule has 2 rings (SSSR count). The summed E-state index contributed by atoms with van der Waals surface area (Å²) in [4.78, 5) is 15.0. The van der Waals surface area contributed by atoms with E-state index in [2.05, 4.69) is 17.1 Å². The van der Waals surface area contributed by atoms with Crippen molar-refractivity contribution in [1.82, 2.24) is 10.2 Å². The van der Waals surface area contributed by atoms with E-state index in [1.165, 1.54) is 12.8 Å². The highest BCUT2D eigenvalue weighted by atomic mass is 32.2. The van der Waals surface area contributed by atoms with Gasteiger partial charge in [-0.2, -0.15) is 0 Å². The average Bonchev–Trinajstić information content (AvgIpc) is 2.67. The molecule has 1 heterocycles. The minimum atomic E-state index is -3.62. The number of carbonyl (C=O) groups excluding carboxylic acids is 1. The minimum absolute atomic E-state index is 0.295. The van der Waals surface area contributed by atoms with Crippen LogP contribution in [-0.4, -0.2) is 64.3 Å². The minimum Gasteiger partial charge on any atom is -0.494 e. The Morgan fingerprint density at radius 3 is 2.45 bits per heavy atom. The second-order valence-corrected chi connectivity index (χ2v) is 9.69. The lowest BCUT2D eigenvalue weighted by molar-refractivity contribution is -0.121. The van der Waals surface area contributed by atoms with Crippen LogP contribution in [0.2, 0.25) is 0 Å². The SMILES string of the molecule is CCOc1ccc(N([C@@H](C)C(=O)NCCCN2CCC(C)CC2)S(C)(=O)=O)cc1. The molecule has 8 heteroatoms. The Balaban J connectivity index is 1.91. The molecule has 0 saturated carbocycles. The first-order chi connectivity index (χ1) is 13.7. The quantitative estimate of drug-likeness (QED) is 0.583. The zero-order valence-corrected chi connectivity index (χ0v) is 18.9. The molecule has 1 aliphatic rings. The number of amides is 1. The van der Waals surface area contributed by atoms with E-state index < -0.39 is 16.1 Å². The molecule has 0 aliphatic carbocycles. The lowest BCUT2D eigenvalue weighted by Gasteiger charge is -2.30. The monoisotopic (exact) mass is 425 g/mol. The van der Waals surface area contributed by atoms with Crippen LogP contribution in [0, 0.1) is 5.92 Å². The fourth-order valence-corrected chi connectivity index (χ4v) is 4.79. The highest BCUT2D eigenvalue weighted by Crippen LogP contribution is 2.24. The largest absolute Gasteiger partial charge is 0.494 e. The molecule has 1 N–H and O–H groups in total. The van der Waals surface area contributed by atoms with Crippen molar-refractivity contribution in [2.24, 2.45) is 5.92 Å². The van der Waals surface area contributed by atoms with E-state index in [9.17, 15) is 13.2 Å². The summed E-state index contributed by atoms with van der Waals surface area (Å²) >= 11 is 0. The van der Waals surface area contributed by atoms with Crippen LogP contribution in [0.5, 0.6) is 5.75 Å². The second-order valence-electron chi connectivity index (χ2n) is 7.83. The summed E-state index contributed by atoms with van der Waals surface area (Å²) in [6.45, 7) is 10.0. The van der Waals surface area contributed by atoms with Crippen LogP contribution in [0.4, 0.5) is 5.69 Å². The fraction of sp³-hybridized carbons (Fsp3) is 0.667. The van der Waals surface area contributed by atoms with Crippen molar-refractivity contribution in [3.05, 3.63) is 24.3 Å². The number of likely N-dealkylation sites (tertiary alicyclic amines) is 1. The van der Waals surface area contributed by atoms with Crippen molar-refractivity contribution in [1.29, 1.82) is 0 Å². The third-order valence-electron chi connectivity index (χ3n) is 5.32. The smallest absolute Gasteiger partial charge is 0.243 e. The molecule has 0 aromatic heterocycles. The van der Waals surface area contributed by atoms with Crippen LogP contribution in [0.15, 0.2) is 24.3 Å². The number of nitrogens with zero attached hydrogens (tertiary/aromatic N) is 2. The Morgan fingerprint density at radius 2 is 1.90 bits per heavy atom. The summed E-state index contributed by atoms with van der Waals surface area (Å²) in [6, 6.07) is 5.90. The molecule has 0 spiro atoms. The number of hydrogen-bond acceptors (Lipinski definition) is 5. The zero-order chi connectivity index (χ0) is 21.4. The van der Waals surface area contributed by atoms with Crippen molar-refractivity contribution in [2.75, 3.05) is 43.3 Å². The second kappa shape index (κ2) is 10.8. The Kier molecular flexibility index (Phi) is 8.77. The Hall–Kier alpha value is -1.80. The summed E-state index contributed by atoms with van der Waals surface area (Å²) < 4.78 is 31.3. The van der Waals surface area contributed by atoms with Crippen molar-refractivity contribution < 1.29 is 17.9 Å². The highest BCUT2D eigenvalue weighted by molar-refractivity contribution is 7.92. The number of benzene rings is 1. The normalized spacial score (nSPS) is 17.0. The van der Waals surface area contributed by atoms with Gasteiger partial charge in [0.1, 0.15) is 11.8 Å². The number of rotatable bonds is 10. The molecule has 1 aromatic rings. The van der Waals surface area contributed by atoms with Crippen LogP contribution in [0.3, 0.4) is 0 Å². The molecular formula is C21H35N3O4S. The van der Waals surface area contributed by atoms with E-state index in [1.54, 1.807) is 31.2 Å². The van der Waals surface area contributed by atoms with Gasteiger partial charge in [0.15, 0.2) is 0 Å². The van der Waals surface area contributed by atoms with E-state index in [0.717, 1.165) is 42.5 Å². The van der Waals surface area contributed by atoms with E-state index in [1.807, 2.05) is 6.92 Å². The van der Waals surface area contributed by atoms with E-state index >= 15 is 0 Å². The number of hydrogen-bond donors (Lipinski definition) is 1. The highest BCUT2D eigenvalue weighted by Gasteiger charge is 2.29. The van der Waals surface area contributed by atoms with Gasteiger partial charge in [0.25, 0.3) is 0 Å². The Morgan fingerprint density at radius 1 is 1.28 bits per heavy atom. The van der Waals surface area contributed by atoms with Crippen LogP contribution >= 0.6 is 0 Å². The van der Waals surface area contributed by atoms with Gasteiger partial charge >= 0.3 is 0 Å². The van der Waals surface area contributed by atoms with Gasteiger partial charge in [-0.15, -0.1) is 0 Å². The summed E-state index contributed by atoms with van der Waals surface area (Å²) in [5.74, 6) is 1.17. The summed E-state index contributed by atoms with van der Waals surface area (Å²) in [5.41, 5.74) is 0.445. The standard InChI is InChI=1S/C21H35N3O4S/c1-5-28-20-9-7-19(8-10-20)24(29(4,26)27)18(3)21(25)22-13-6-14-23-15-11-17(2)12-16-23/h7-10,17-18H,5-6,11-16H2,1-4H3,(H,22,25)/t18-/m0/s1. The zero-order valence-electron chi connectivity index (χ0n) is 18.1. The summed E-state index contributed by atoms with van der Waals surface area (Å²) in [5, 5.41) is 2.89. The molecule has 0 unspecified atom stereocenters. The maximum Gasteiger partial charge on any atom is 0.243 e. The number of nitrogens with one attached hydrogen (secondary N) is 1. The summed E-state index contributed by atoms with van der Waals surface area (Å²) in [6.07, 6.45) is 4.43. The third kappa shape index (κ3) is 7.19. The molecule has 1 atom stereocenters. The molecule has 1 fully saturated rings. The van der Waals surface area contributed by atoms with E-state index in [0.29, 0.717) is 24.6 Å². The number of piperidine rings is 1. The van der Waals surface area contributed by atoms with E-state index in [-0.39, 0.29) is 5.91 Å². The van der Waals surface area contributed by atoms with Gasteiger partial charge in [0.2, 0.25) is 15.9 Å². The molecule has 0 radical (unpaired) electrons. The Labute approximate surface area is 175 Å². The topological polar surface area (TPSA) is 79.0 Å². The van der Waals surface area contributed by atoms with Gasteiger partial charge < -0.3 is 15.0 Å². The predicted octanol–water partition coefficient (Wildman–Crippen LogP) is 2.48. The molecule has 1 amide bonds. The van der Waals surface area contributed by atoms with Crippen LogP contribution < -0.4 is 14.4 Å². The predicted molar refractivity (Wildman–Crippen MR) is 117 cm³/mol. The number of ether oxygens (including phenoxy) is 1. The first-order valence-corrected chi connectivity index (χ1v) is 12.3. The first-order valence-electron chi connectivity index (χ1n) is 10.4. The van der Waals surface area contributed by atoms with Gasteiger partial charge in [0, 0.05) is 6.54 Å². The van der Waals surface area contributed by atoms with Crippen molar-refractivity contribution in [2.45, 2.75) is 46.1 Å². The molecule has 1 aromatic carbocycles. The number of sulfonamides is 1. The molecule has 164 valence electrons. The maximum atomic E-state index is 12.6. The molecular weight excluding hydrogens is 390 g/mol. The van der Waals surface area contributed by atoms with Crippen molar-refractivity contribution in [3.63, 3.8) is 0 Å². The molecule has 29 heavy (non-hydrogen) atoms. The number of anilines is 1. The molecule has 0 bridgehead atoms. The van der Waals surface area contributed by atoms with Gasteiger partial charge in [-0.05, 0) is 82.9 Å². The first kappa shape index (κ1) is 23.5.